The Balaban J connectivity index is 3.38. The minimum atomic E-state index is -0.649. The Morgan fingerprint density at radius 1 is 1.45 bits per heavy atom. The summed E-state index contributed by atoms with van der Waals surface area (Å²) in [5, 5.41) is 1.29. The molecular weight excluding hydrogens is 146 g/mol. The SMILES string of the molecule is CC(C)COC(=O)ON(C)C. The van der Waals surface area contributed by atoms with Crippen LogP contribution in [0.25, 0.3) is 0 Å². The lowest BCUT2D eigenvalue weighted by Gasteiger charge is -2.10. The smallest absolute Gasteiger partial charge is 0.433 e. The van der Waals surface area contributed by atoms with Gasteiger partial charge in [0.15, 0.2) is 0 Å². The van der Waals surface area contributed by atoms with Gasteiger partial charge >= 0.3 is 6.16 Å². The summed E-state index contributed by atoms with van der Waals surface area (Å²) in [5.41, 5.74) is 0. The number of hydrogen-bond donors (Lipinski definition) is 0. The third-order valence-corrected chi connectivity index (χ3v) is 0.792. The molecule has 0 rings (SSSR count). The van der Waals surface area contributed by atoms with E-state index < -0.39 is 6.16 Å². The molecule has 0 N–H and O–H groups in total. The zero-order valence-corrected chi connectivity index (χ0v) is 7.46. The van der Waals surface area contributed by atoms with E-state index in [0.29, 0.717) is 12.5 Å². The molecule has 0 unspecified atom stereocenters. The molecule has 0 saturated carbocycles. The van der Waals surface area contributed by atoms with E-state index in [4.69, 9.17) is 4.74 Å². The first-order valence-electron chi connectivity index (χ1n) is 3.54. The van der Waals surface area contributed by atoms with Gasteiger partial charge in [-0.05, 0) is 5.92 Å². The molecule has 0 atom stereocenters. The number of rotatable bonds is 3. The van der Waals surface area contributed by atoms with Crippen LogP contribution >= 0.6 is 0 Å². The Kier molecular flexibility index (Phi) is 4.61. The number of carbonyl (C=O) groups is 1. The summed E-state index contributed by atoms with van der Waals surface area (Å²) in [6.45, 7) is 4.32. The molecular formula is C7H15NO3. The molecule has 0 saturated heterocycles. The van der Waals surface area contributed by atoms with E-state index in [1.54, 1.807) is 14.1 Å². The van der Waals surface area contributed by atoms with Crippen LogP contribution in [0.15, 0.2) is 0 Å². The van der Waals surface area contributed by atoms with Crippen LogP contribution in [0.5, 0.6) is 0 Å². The van der Waals surface area contributed by atoms with Crippen molar-refractivity contribution in [3.8, 4) is 0 Å². The van der Waals surface area contributed by atoms with Crippen molar-refractivity contribution in [3.05, 3.63) is 0 Å². The molecule has 0 amide bonds. The summed E-state index contributed by atoms with van der Waals surface area (Å²) < 4.78 is 4.71. The molecule has 0 radical (unpaired) electrons. The van der Waals surface area contributed by atoms with Gasteiger partial charge in [0.1, 0.15) is 0 Å². The predicted molar refractivity (Wildman–Crippen MR) is 41.0 cm³/mol. The maximum absolute atomic E-state index is 10.7. The number of carbonyl (C=O) groups excluding carboxylic acids is 1. The van der Waals surface area contributed by atoms with Crippen molar-refractivity contribution in [1.82, 2.24) is 5.06 Å². The third kappa shape index (κ3) is 7.12. The standard InChI is InChI=1S/C7H15NO3/c1-6(2)5-10-7(9)11-8(3)4/h6H,5H2,1-4H3. The summed E-state index contributed by atoms with van der Waals surface area (Å²) >= 11 is 0. The van der Waals surface area contributed by atoms with Crippen LogP contribution in [0.1, 0.15) is 13.8 Å². The fourth-order valence-electron chi connectivity index (χ4n) is 0.410. The van der Waals surface area contributed by atoms with Crippen LogP contribution in [0.2, 0.25) is 0 Å². The van der Waals surface area contributed by atoms with Crippen LogP contribution in [-0.4, -0.2) is 31.9 Å². The lowest BCUT2D eigenvalue weighted by atomic mass is 10.2. The first-order valence-corrected chi connectivity index (χ1v) is 3.54. The molecule has 0 heterocycles. The Morgan fingerprint density at radius 2 is 2.00 bits per heavy atom. The summed E-state index contributed by atoms with van der Waals surface area (Å²) in [7, 11) is 3.24. The zero-order chi connectivity index (χ0) is 8.85. The lowest BCUT2D eigenvalue weighted by molar-refractivity contribution is -0.0935. The van der Waals surface area contributed by atoms with Gasteiger partial charge in [-0.3, -0.25) is 0 Å². The van der Waals surface area contributed by atoms with Crippen LogP contribution in [0.3, 0.4) is 0 Å². The fraction of sp³-hybridized carbons (Fsp3) is 0.857. The summed E-state index contributed by atoms with van der Waals surface area (Å²) in [5.74, 6) is 0.338. The molecule has 0 aromatic heterocycles. The van der Waals surface area contributed by atoms with Crippen LogP contribution in [0, 0.1) is 5.92 Å². The van der Waals surface area contributed by atoms with Gasteiger partial charge in [0.05, 0.1) is 6.61 Å². The number of hydrogen-bond acceptors (Lipinski definition) is 4. The zero-order valence-electron chi connectivity index (χ0n) is 7.46. The molecule has 0 aliphatic rings. The third-order valence-electron chi connectivity index (χ3n) is 0.792. The second-order valence-corrected chi connectivity index (χ2v) is 2.86. The van der Waals surface area contributed by atoms with Crippen LogP contribution in [0.4, 0.5) is 4.79 Å². The van der Waals surface area contributed by atoms with Crippen molar-refractivity contribution >= 4 is 6.16 Å². The minimum absolute atomic E-state index is 0.338. The van der Waals surface area contributed by atoms with Crippen molar-refractivity contribution < 1.29 is 14.4 Å². The maximum Gasteiger partial charge on any atom is 0.527 e. The Morgan fingerprint density at radius 3 is 2.36 bits per heavy atom. The van der Waals surface area contributed by atoms with E-state index in [9.17, 15) is 4.79 Å². The highest BCUT2D eigenvalue weighted by Crippen LogP contribution is 1.94. The highest BCUT2D eigenvalue weighted by Gasteiger charge is 2.05. The van der Waals surface area contributed by atoms with Crippen molar-refractivity contribution in [1.29, 1.82) is 0 Å². The van der Waals surface area contributed by atoms with Crippen LogP contribution in [-0.2, 0) is 9.57 Å². The predicted octanol–water partition coefficient (Wildman–Crippen LogP) is 1.27. The summed E-state index contributed by atoms with van der Waals surface area (Å²) in [6.07, 6.45) is -0.649. The highest BCUT2D eigenvalue weighted by molar-refractivity contribution is 5.59. The molecule has 66 valence electrons. The van der Waals surface area contributed by atoms with E-state index in [1.165, 1.54) is 5.06 Å². The molecule has 4 nitrogen and oxygen atoms in total. The van der Waals surface area contributed by atoms with Crippen LogP contribution < -0.4 is 0 Å². The lowest BCUT2D eigenvalue weighted by Crippen LogP contribution is -2.20. The number of hydroxylamine groups is 2. The van der Waals surface area contributed by atoms with Gasteiger partial charge in [0, 0.05) is 14.1 Å². The van der Waals surface area contributed by atoms with Gasteiger partial charge in [-0.2, -0.15) is 0 Å². The molecule has 4 heteroatoms. The van der Waals surface area contributed by atoms with Gasteiger partial charge in [-0.25, -0.2) is 4.79 Å². The van der Waals surface area contributed by atoms with Gasteiger partial charge in [-0.1, -0.05) is 13.8 Å². The molecule has 0 aromatic rings. The maximum atomic E-state index is 10.7. The molecule has 11 heavy (non-hydrogen) atoms. The largest absolute Gasteiger partial charge is 0.527 e. The molecule has 0 aromatic carbocycles. The molecule has 0 fully saturated rings. The van der Waals surface area contributed by atoms with Crippen molar-refractivity contribution in [3.63, 3.8) is 0 Å². The number of nitrogens with zero attached hydrogens (tertiary/aromatic N) is 1. The summed E-state index contributed by atoms with van der Waals surface area (Å²) in [6, 6.07) is 0. The average molecular weight is 161 g/mol. The molecule has 0 spiro atoms. The van der Waals surface area contributed by atoms with Gasteiger partial charge in [0.25, 0.3) is 0 Å². The van der Waals surface area contributed by atoms with E-state index in [1.807, 2.05) is 13.8 Å². The first-order chi connectivity index (χ1) is 5.02. The Labute approximate surface area is 67.0 Å². The van der Waals surface area contributed by atoms with Crippen molar-refractivity contribution in [2.24, 2.45) is 5.92 Å². The molecule has 0 bridgehead atoms. The normalized spacial score (nSPS) is 10.4. The summed E-state index contributed by atoms with van der Waals surface area (Å²) in [4.78, 5) is 15.2. The van der Waals surface area contributed by atoms with Gasteiger partial charge in [-0.15, -0.1) is 5.06 Å². The van der Waals surface area contributed by atoms with Gasteiger partial charge in [0.2, 0.25) is 0 Å². The van der Waals surface area contributed by atoms with Gasteiger partial charge < -0.3 is 9.57 Å². The highest BCUT2D eigenvalue weighted by atomic mass is 16.8. The monoisotopic (exact) mass is 161 g/mol. The second-order valence-electron chi connectivity index (χ2n) is 2.86. The topological polar surface area (TPSA) is 38.8 Å². The minimum Gasteiger partial charge on any atom is -0.433 e. The fourth-order valence-corrected chi connectivity index (χ4v) is 0.410. The van der Waals surface area contributed by atoms with E-state index in [-0.39, 0.29) is 0 Å². The van der Waals surface area contributed by atoms with E-state index in [0.717, 1.165) is 0 Å². The number of ether oxygens (including phenoxy) is 1. The van der Waals surface area contributed by atoms with E-state index in [2.05, 4.69) is 4.84 Å². The second kappa shape index (κ2) is 4.96. The Hall–Kier alpha value is -0.770. The van der Waals surface area contributed by atoms with E-state index >= 15 is 0 Å². The molecule has 0 aliphatic carbocycles. The molecule has 0 aliphatic heterocycles. The van der Waals surface area contributed by atoms with Crippen molar-refractivity contribution in [2.45, 2.75) is 13.8 Å². The first kappa shape index (κ1) is 10.2. The average Bonchev–Trinajstić information content (AvgIpc) is 1.82. The van der Waals surface area contributed by atoms with Crippen molar-refractivity contribution in [2.75, 3.05) is 20.7 Å². The Bertz CT molecular complexity index is 123. The quantitative estimate of drug-likeness (QED) is 0.461.